The lowest BCUT2D eigenvalue weighted by Crippen LogP contribution is -2.14. The predicted molar refractivity (Wildman–Crippen MR) is 107 cm³/mol. The molecule has 1 fully saturated rings. The van der Waals surface area contributed by atoms with Crippen LogP contribution in [0.3, 0.4) is 0 Å². The fraction of sp³-hybridized carbons (Fsp3) is 0.333. The van der Waals surface area contributed by atoms with Gasteiger partial charge in [-0.1, -0.05) is 43.0 Å². The van der Waals surface area contributed by atoms with Gasteiger partial charge in [0.2, 0.25) is 0 Å². The van der Waals surface area contributed by atoms with Crippen molar-refractivity contribution < 1.29 is 4.79 Å². The molecule has 6 heteroatoms. The second-order valence-corrected chi connectivity index (χ2v) is 8.13. The number of hydrogen-bond acceptors (Lipinski definition) is 5. The Morgan fingerprint density at radius 1 is 1.22 bits per heavy atom. The molecular formula is C21H22N4OS. The van der Waals surface area contributed by atoms with Crippen LogP contribution in [-0.4, -0.2) is 30.8 Å². The van der Waals surface area contributed by atoms with Crippen LogP contribution >= 0.6 is 11.8 Å². The summed E-state index contributed by atoms with van der Waals surface area (Å²) in [6.45, 7) is 4.05. The minimum atomic E-state index is -0.221. The molecule has 0 bridgehead atoms. The molecule has 0 amide bonds. The van der Waals surface area contributed by atoms with E-state index in [1.165, 1.54) is 17.3 Å². The van der Waals surface area contributed by atoms with Crippen molar-refractivity contribution in [2.45, 2.75) is 49.6 Å². The van der Waals surface area contributed by atoms with E-state index in [1.807, 2.05) is 43.3 Å². The molecule has 27 heavy (non-hydrogen) atoms. The number of carbonyl (C=O) groups excluding carboxylic acids is 1. The van der Waals surface area contributed by atoms with Crippen molar-refractivity contribution >= 4 is 17.5 Å². The number of nitrogens with zero attached hydrogens (tertiary/aromatic N) is 4. The highest BCUT2D eigenvalue weighted by atomic mass is 32.2. The first-order valence-electron chi connectivity index (χ1n) is 9.32. The van der Waals surface area contributed by atoms with Crippen LogP contribution in [0.1, 0.15) is 48.7 Å². The first kappa shape index (κ1) is 17.9. The Morgan fingerprint density at radius 2 is 2.00 bits per heavy atom. The molecule has 4 rings (SSSR count). The van der Waals surface area contributed by atoms with E-state index in [2.05, 4.69) is 26.7 Å². The van der Waals surface area contributed by atoms with Crippen molar-refractivity contribution in [3.63, 3.8) is 0 Å². The van der Waals surface area contributed by atoms with Crippen molar-refractivity contribution in [1.82, 2.24) is 19.7 Å². The van der Waals surface area contributed by atoms with Crippen molar-refractivity contribution in [2.75, 3.05) is 0 Å². The smallest absolute Gasteiger partial charge is 0.192 e. The molecule has 1 atom stereocenters. The van der Waals surface area contributed by atoms with Crippen LogP contribution in [0.5, 0.6) is 0 Å². The van der Waals surface area contributed by atoms with Gasteiger partial charge in [-0.15, -0.1) is 10.2 Å². The van der Waals surface area contributed by atoms with E-state index >= 15 is 0 Å². The lowest BCUT2D eigenvalue weighted by Gasteiger charge is -2.12. The van der Waals surface area contributed by atoms with E-state index in [9.17, 15) is 4.79 Å². The van der Waals surface area contributed by atoms with Crippen LogP contribution < -0.4 is 0 Å². The van der Waals surface area contributed by atoms with Gasteiger partial charge in [0.25, 0.3) is 0 Å². The van der Waals surface area contributed by atoms with Crippen LogP contribution in [0.4, 0.5) is 0 Å². The van der Waals surface area contributed by atoms with E-state index in [0.717, 1.165) is 41.4 Å². The Labute approximate surface area is 163 Å². The highest BCUT2D eigenvalue weighted by molar-refractivity contribution is 8.00. The fourth-order valence-electron chi connectivity index (χ4n) is 3.06. The van der Waals surface area contributed by atoms with Crippen LogP contribution in [0, 0.1) is 0 Å². The molecular weight excluding hydrogens is 356 g/mol. The molecule has 2 aromatic heterocycles. The number of hydrogen-bond donors (Lipinski definition) is 0. The monoisotopic (exact) mass is 378 g/mol. The standard InChI is InChI=1S/C21H22N4OS/c1-3-15-6-8-16(9-7-15)19(26)14(2)27-21-24-23-20(25(21)18-10-11-18)17-5-4-12-22-13-17/h4-9,12-14,18H,3,10-11H2,1-2H3/t14-/m1/s1. The number of rotatable bonds is 7. The van der Waals surface area contributed by atoms with Crippen LogP contribution in [0.15, 0.2) is 53.9 Å². The molecule has 0 spiro atoms. The number of pyridine rings is 1. The molecule has 0 radical (unpaired) electrons. The summed E-state index contributed by atoms with van der Waals surface area (Å²) < 4.78 is 2.17. The zero-order chi connectivity index (χ0) is 18.8. The van der Waals surface area contributed by atoms with Crippen molar-refractivity contribution in [2.24, 2.45) is 0 Å². The molecule has 2 heterocycles. The topological polar surface area (TPSA) is 60.7 Å². The summed E-state index contributed by atoms with van der Waals surface area (Å²) in [7, 11) is 0. The normalized spacial score (nSPS) is 14.9. The molecule has 0 saturated heterocycles. The van der Waals surface area contributed by atoms with Gasteiger partial charge in [0.1, 0.15) is 0 Å². The highest BCUT2D eigenvalue weighted by Gasteiger charge is 2.31. The van der Waals surface area contributed by atoms with Gasteiger partial charge in [-0.05, 0) is 43.9 Å². The molecule has 0 aliphatic heterocycles. The maximum atomic E-state index is 12.8. The van der Waals surface area contributed by atoms with Crippen LogP contribution in [0.25, 0.3) is 11.4 Å². The minimum Gasteiger partial charge on any atom is -0.299 e. The molecule has 138 valence electrons. The number of carbonyl (C=O) groups is 1. The average molecular weight is 379 g/mol. The lowest BCUT2D eigenvalue weighted by atomic mass is 10.1. The third-order valence-electron chi connectivity index (χ3n) is 4.79. The van der Waals surface area contributed by atoms with Gasteiger partial charge in [-0.2, -0.15) is 0 Å². The quantitative estimate of drug-likeness (QED) is 0.444. The third kappa shape index (κ3) is 3.81. The van der Waals surface area contributed by atoms with Gasteiger partial charge in [-0.25, -0.2) is 0 Å². The Bertz CT molecular complexity index is 933. The zero-order valence-corrected chi connectivity index (χ0v) is 16.3. The first-order valence-corrected chi connectivity index (χ1v) is 10.2. The summed E-state index contributed by atoms with van der Waals surface area (Å²) in [5.41, 5.74) is 2.94. The first-order chi connectivity index (χ1) is 13.2. The van der Waals surface area contributed by atoms with E-state index in [0.29, 0.717) is 6.04 Å². The largest absolute Gasteiger partial charge is 0.299 e. The average Bonchev–Trinajstić information content (AvgIpc) is 3.48. The SMILES string of the molecule is CCc1ccc(C(=O)[C@@H](C)Sc2nnc(-c3cccnc3)n2C2CC2)cc1. The Kier molecular flexibility index (Phi) is 5.07. The van der Waals surface area contributed by atoms with Gasteiger partial charge >= 0.3 is 0 Å². The van der Waals surface area contributed by atoms with Crippen molar-refractivity contribution in [1.29, 1.82) is 0 Å². The van der Waals surface area contributed by atoms with Gasteiger partial charge in [0.05, 0.1) is 5.25 Å². The van der Waals surface area contributed by atoms with Crippen LogP contribution in [0.2, 0.25) is 0 Å². The van der Waals surface area contributed by atoms with E-state index < -0.39 is 0 Å². The lowest BCUT2D eigenvalue weighted by molar-refractivity contribution is 0.0994. The predicted octanol–water partition coefficient (Wildman–Crippen LogP) is 4.60. The minimum absolute atomic E-state index is 0.121. The molecule has 0 N–H and O–H groups in total. The summed E-state index contributed by atoms with van der Waals surface area (Å²) >= 11 is 1.49. The maximum Gasteiger partial charge on any atom is 0.192 e. The van der Waals surface area contributed by atoms with E-state index in [1.54, 1.807) is 12.4 Å². The summed E-state index contributed by atoms with van der Waals surface area (Å²) in [6.07, 6.45) is 6.78. The van der Waals surface area contributed by atoms with Gasteiger partial charge in [-0.3, -0.25) is 14.3 Å². The number of ketones is 1. The van der Waals surface area contributed by atoms with Gasteiger partial charge in [0.15, 0.2) is 16.8 Å². The molecule has 5 nitrogen and oxygen atoms in total. The number of aromatic nitrogens is 4. The molecule has 1 aromatic carbocycles. The summed E-state index contributed by atoms with van der Waals surface area (Å²) in [5, 5.41) is 9.38. The second-order valence-electron chi connectivity index (χ2n) is 6.82. The fourth-order valence-corrected chi connectivity index (χ4v) is 4.06. The zero-order valence-electron chi connectivity index (χ0n) is 15.5. The Morgan fingerprint density at radius 3 is 2.63 bits per heavy atom. The summed E-state index contributed by atoms with van der Waals surface area (Å²) in [6, 6.07) is 12.2. The number of Topliss-reactive ketones (excluding diaryl/α,β-unsaturated/α-hetero) is 1. The highest BCUT2D eigenvalue weighted by Crippen LogP contribution is 2.41. The molecule has 0 unspecified atom stereocenters. The summed E-state index contributed by atoms with van der Waals surface area (Å²) in [5.74, 6) is 0.955. The molecule has 3 aromatic rings. The van der Waals surface area contributed by atoms with E-state index in [4.69, 9.17) is 0 Å². The number of aryl methyl sites for hydroxylation is 1. The van der Waals surface area contributed by atoms with Crippen molar-refractivity contribution in [3.8, 4) is 11.4 Å². The van der Waals surface area contributed by atoms with Crippen LogP contribution in [-0.2, 0) is 6.42 Å². The number of thioether (sulfide) groups is 1. The van der Waals surface area contributed by atoms with Gasteiger partial charge in [0, 0.05) is 29.6 Å². The van der Waals surface area contributed by atoms with E-state index in [-0.39, 0.29) is 11.0 Å². The second kappa shape index (κ2) is 7.64. The van der Waals surface area contributed by atoms with Gasteiger partial charge < -0.3 is 0 Å². The third-order valence-corrected chi connectivity index (χ3v) is 5.85. The molecule has 1 aliphatic rings. The Hall–Kier alpha value is -2.47. The van der Waals surface area contributed by atoms with Crippen molar-refractivity contribution in [3.05, 3.63) is 59.9 Å². The number of benzene rings is 1. The molecule has 1 aliphatic carbocycles. The summed E-state index contributed by atoms with van der Waals surface area (Å²) in [4.78, 5) is 17.0. The molecule has 1 saturated carbocycles. The Balaban J connectivity index is 1.57. The maximum absolute atomic E-state index is 12.8.